The molecule has 1 amide bonds. The van der Waals surface area contributed by atoms with Crippen molar-refractivity contribution in [2.75, 3.05) is 38.7 Å². The molecule has 0 aliphatic carbocycles. The molecule has 3 rings (SSSR count). The zero-order valence-corrected chi connectivity index (χ0v) is 16.8. The highest BCUT2D eigenvalue weighted by Gasteiger charge is 2.24. The van der Waals surface area contributed by atoms with Gasteiger partial charge < -0.3 is 19.9 Å². The topological polar surface area (TPSA) is 57.2 Å². The summed E-state index contributed by atoms with van der Waals surface area (Å²) in [5.74, 6) is 1.61. The van der Waals surface area contributed by atoms with Crippen LogP contribution in [0, 0.1) is 6.92 Å². The molecule has 2 aromatic rings. The van der Waals surface area contributed by atoms with Crippen LogP contribution in [0.15, 0.2) is 53.5 Å². The molecule has 1 heterocycles. The molecule has 0 bridgehead atoms. The van der Waals surface area contributed by atoms with E-state index in [1.54, 1.807) is 11.9 Å². The van der Waals surface area contributed by atoms with Gasteiger partial charge in [0, 0.05) is 33.7 Å². The number of anilines is 1. The summed E-state index contributed by atoms with van der Waals surface area (Å²) < 4.78 is 5.49. The molecular weight excluding hydrogens is 352 g/mol. The van der Waals surface area contributed by atoms with Crippen LogP contribution in [0.5, 0.6) is 5.75 Å². The second kappa shape index (κ2) is 9.26. The summed E-state index contributed by atoms with van der Waals surface area (Å²) in [5, 5.41) is 3.39. The zero-order valence-electron chi connectivity index (χ0n) is 16.8. The van der Waals surface area contributed by atoms with Gasteiger partial charge in [0.15, 0.2) is 12.6 Å². The van der Waals surface area contributed by atoms with Gasteiger partial charge in [-0.3, -0.25) is 9.79 Å². The van der Waals surface area contributed by atoms with E-state index in [1.165, 1.54) is 11.1 Å². The highest BCUT2D eigenvalue weighted by atomic mass is 16.5. The molecule has 148 valence electrons. The predicted octanol–water partition coefficient (Wildman–Crippen LogP) is 2.82. The van der Waals surface area contributed by atoms with Crippen molar-refractivity contribution in [3.05, 3.63) is 59.7 Å². The van der Waals surface area contributed by atoms with Crippen LogP contribution in [0.1, 0.15) is 17.5 Å². The Hall–Kier alpha value is -3.02. The minimum Gasteiger partial charge on any atom is -0.482 e. The molecule has 0 spiro atoms. The van der Waals surface area contributed by atoms with Crippen LogP contribution in [0.25, 0.3) is 0 Å². The quantitative estimate of drug-likeness (QED) is 0.476. The normalized spacial score (nSPS) is 13.8. The van der Waals surface area contributed by atoms with E-state index in [2.05, 4.69) is 46.4 Å². The van der Waals surface area contributed by atoms with Crippen molar-refractivity contribution < 1.29 is 9.53 Å². The van der Waals surface area contributed by atoms with Crippen molar-refractivity contribution in [1.82, 2.24) is 10.2 Å². The fourth-order valence-electron chi connectivity index (χ4n) is 3.26. The number of carbonyl (C=O) groups excluding carboxylic acids is 1. The fourth-order valence-corrected chi connectivity index (χ4v) is 3.26. The van der Waals surface area contributed by atoms with Crippen LogP contribution in [0.3, 0.4) is 0 Å². The Kier molecular flexibility index (Phi) is 6.53. The van der Waals surface area contributed by atoms with Gasteiger partial charge in [-0.15, -0.1) is 0 Å². The molecule has 0 atom stereocenters. The minimum atomic E-state index is -0.000397. The van der Waals surface area contributed by atoms with Gasteiger partial charge in [0.25, 0.3) is 5.91 Å². The number of ether oxygens (including phenoxy) is 1. The summed E-state index contributed by atoms with van der Waals surface area (Å²) in [5.41, 5.74) is 3.35. The Balaban J connectivity index is 1.49. The lowest BCUT2D eigenvalue weighted by atomic mass is 10.1. The van der Waals surface area contributed by atoms with Crippen molar-refractivity contribution in [3.63, 3.8) is 0 Å². The first-order valence-corrected chi connectivity index (χ1v) is 9.58. The van der Waals surface area contributed by atoms with Crippen LogP contribution in [-0.4, -0.2) is 50.6 Å². The molecule has 6 heteroatoms. The minimum absolute atomic E-state index is 0.000397. The van der Waals surface area contributed by atoms with Crippen molar-refractivity contribution in [2.24, 2.45) is 4.99 Å². The number of nitrogens with one attached hydrogen (secondary N) is 1. The van der Waals surface area contributed by atoms with Gasteiger partial charge in [0.05, 0.1) is 5.69 Å². The van der Waals surface area contributed by atoms with E-state index in [1.807, 2.05) is 31.3 Å². The van der Waals surface area contributed by atoms with E-state index in [0.717, 1.165) is 36.9 Å². The maximum atomic E-state index is 12.2. The highest BCUT2D eigenvalue weighted by Crippen LogP contribution is 2.31. The van der Waals surface area contributed by atoms with Crippen molar-refractivity contribution in [3.8, 4) is 5.75 Å². The first kappa shape index (κ1) is 19.7. The van der Waals surface area contributed by atoms with Crippen molar-refractivity contribution in [1.29, 1.82) is 0 Å². The molecule has 28 heavy (non-hydrogen) atoms. The lowest BCUT2D eigenvalue weighted by molar-refractivity contribution is -0.121. The Morgan fingerprint density at radius 2 is 1.96 bits per heavy atom. The average Bonchev–Trinajstić information content (AvgIpc) is 2.71. The number of aliphatic imine (C=N–C) groups is 1. The van der Waals surface area contributed by atoms with Gasteiger partial charge in [-0.05, 0) is 31.0 Å². The zero-order chi connectivity index (χ0) is 19.9. The number of amides is 1. The lowest BCUT2D eigenvalue weighted by Crippen LogP contribution is -2.42. The molecular formula is C22H28N4O2. The van der Waals surface area contributed by atoms with Crippen LogP contribution in [0.4, 0.5) is 5.69 Å². The van der Waals surface area contributed by atoms with E-state index < -0.39 is 0 Å². The number of carbonyl (C=O) groups is 1. The number of guanidine groups is 1. The lowest BCUT2D eigenvalue weighted by Gasteiger charge is -2.29. The van der Waals surface area contributed by atoms with Crippen molar-refractivity contribution in [2.45, 2.75) is 19.9 Å². The third-order valence-electron chi connectivity index (χ3n) is 4.76. The summed E-state index contributed by atoms with van der Waals surface area (Å²) in [7, 11) is 3.81. The molecule has 0 aromatic heterocycles. The highest BCUT2D eigenvalue weighted by molar-refractivity contribution is 5.97. The van der Waals surface area contributed by atoms with Gasteiger partial charge in [-0.25, -0.2) is 0 Å². The number of hydrogen-bond donors (Lipinski definition) is 1. The molecule has 1 N–H and O–H groups in total. The van der Waals surface area contributed by atoms with Gasteiger partial charge in [0.1, 0.15) is 5.75 Å². The third kappa shape index (κ3) is 4.82. The van der Waals surface area contributed by atoms with Crippen LogP contribution in [-0.2, 0) is 11.3 Å². The van der Waals surface area contributed by atoms with Gasteiger partial charge in [0.2, 0.25) is 0 Å². The molecule has 0 unspecified atom stereocenters. The molecule has 1 aliphatic heterocycles. The number of hydrogen-bond acceptors (Lipinski definition) is 3. The van der Waals surface area contributed by atoms with Crippen LogP contribution < -0.4 is 15.0 Å². The molecule has 0 saturated heterocycles. The van der Waals surface area contributed by atoms with Gasteiger partial charge in [-0.2, -0.15) is 0 Å². The van der Waals surface area contributed by atoms with E-state index in [-0.39, 0.29) is 12.5 Å². The smallest absolute Gasteiger partial charge is 0.265 e. The Morgan fingerprint density at radius 3 is 2.71 bits per heavy atom. The standard InChI is InChI=1S/C22H28N4O2/c1-17-9-11-18(12-10-17)15-25(3)22(23-2)24-13-6-14-26-19-7-4-5-8-20(19)28-16-21(26)27/h4-5,7-12H,6,13-16H2,1-3H3,(H,23,24). The summed E-state index contributed by atoms with van der Waals surface area (Å²) >= 11 is 0. The molecule has 0 saturated carbocycles. The molecule has 0 fully saturated rings. The van der Waals surface area contributed by atoms with E-state index in [0.29, 0.717) is 6.54 Å². The second-order valence-corrected chi connectivity index (χ2v) is 6.97. The van der Waals surface area contributed by atoms with Crippen LogP contribution in [0.2, 0.25) is 0 Å². The van der Waals surface area contributed by atoms with Gasteiger partial charge >= 0.3 is 0 Å². The Labute approximate surface area is 166 Å². The van der Waals surface area contributed by atoms with Crippen LogP contribution >= 0.6 is 0 Å². The summed E-state index contributed by atoms with van der Waals surface area (Å²) in [6, 6.07) is 16.2. The van der Waals surface area contributed by atoms with Crippen molar-refractivity contribution >= 4 is 17.6 Å². The average molecular weight is 380 g/mol. The molecule has 0 radical (unpaired) electrons. The molecule has 2 aromatic carbocycles. The maximum absolute atomic E-state index is 12.2. The number of aryl methyl sites for hydroxylation is 1. The maximum Gasteiger partial charge on any atom is 0.265 e. The first-order chi connectivity index (χ1) is 13.6. The predicted molar refractivity (Wildman–Crippen MR) is 113 cm³/mol. The van der Waals surface area contributed by atoms with Gasteiger partial charge in [-0.1, -0.05) is 42.0 Å². The largest absolute Gasteiger partial charge is 0.482 e. The fraction of sp³-hybridized carbons (Fsp3) is 0.364. The second-order valence-electron chi connectivity index (χ2n) is 6.97. The summed E-state index contributed by atoms with van der Waals surface area (Å²) in [6.07, 6.45) is 0.817. The molecule has 6 nitrogen and oxygen atoms in total. The monoisotopic (exact) mass is 380 g/mol. The number of nitrogens with zero attached hydrogens (tertiary/aromatic N) is 3. The van der Waals surface area contributed by atoms with E-state index in [4.69, 9.17) is 4.74 Å². The Bertz CT molecular complexity index is 833. The molecule has 1 aliphatic rings. The Morgan fingerprint density at radius 1 is 1.21 bits per heavy atom. The first-order valence-electron chi connectivity index (χ1n) is 9.58. The van der Waals surface area contributed by atoms with E-state index >= 15 is 0 Å². The number of benzene rings is 2. The SMILES string of the molecule is CN=C(NCCCN1C(=O)COc2ccccc21)N(C)Cc1ccc(C)cc1. The number of fused-ring (bicyclic) bond motifs is 1. The summed E-state index contributed by atoms with van der Waals surface area (Å²) in [4.78, 5) is 20.5. The van der Waals surface area contributed by atoms with E-state index in [9.17, 15) is 4.79 Å². The summed E-state index contributed by atoms with van der Waals surface area (Å²) in [6.45, 7) is 4.36. The number of rotatable bonds is 6. The third-order valence-corrected chi connectivity index (χ3v) is 4.76. The number of para-hydroxylation sites is 2.